The van der Waals surface area contributed by atoms with Crippen molar-refractivity contribution in [1.29, 1.82) is 0 Å². The van der Waals surface area contributed by atoms with Crippen molar-refractivity contribution in [2.75, 3.05) is 6.54 Å². The van der Waals surface area contributed by atoms with E-state index in [1.165, 1.54) is 4.90 Å². The van der Waals surface area contributed by atoms with Crippen molar-refractivity contribution in [3.05, 3.63) is 0 Å². The third-order valence-electron chi connectivity index (χ3n) is 2.70. The van der Waals surface area contributed by atoms with Gasteiger partial charge in [0.1, 0.15) is 6.04 Å². The Morgan fingerprint density at radius 1 is 1.56 bits per heavy atom. The third kappa shape index (κ3) is 3.18. The Labute approximate surface area is 94.0 Å². The molecule has 0 spiro atoms. The Balaban J connectivity index is 2.56. The molecule has 1 aliphatic heterocycles. The zero-order valence-corrected chi connectivity index (χ0v) is 9.30. The maximum Gasteiger partial charge on any atom is 0.326 e. The Morgan fingerprint density at radius 2 is 2.19 bits per heavy atom. The second-order valence-corrected chi connectivity index (χ2v) is 4.31. The van der Waals surface area contributed by atoms with Crippen LogP contribution in [0.4, 0.5) is 0 Å². The number of β-amino-alcohol motifs (C(OH)–C–C–N with tert-alkyl or cyclic N) is 1. The highest BCUT2D eigenvalue weighted by Gasteiger charge is 2.38. The molecule has 1 rings (SSSR count). The molecule has 0 aromatic rings. The van der Waals surface area contributed by atoms with Crippen LogP contribution in [0.25, 0.3) is 0 Å². The monoisotopic (exact) mass is 230 g/mol. The topological polar surface area (TPSA) is 104 Å². The molecule has 4 N–H and O–H groups in total. The van der Waals surface area contributed by atoms with Gasteiger partial charge in [-0.2, -0.15) is 0 Å². The van der Waals surface area contributed by atoms with Crippen LogP contribution < -0.4 is 5.73 Å². The van der Waals surface area contributed by atoms with Gasteiger partial charge < -0.3 is 20.8 Å². The van der Waals surface area contributed by atoms with E-state index < -0.39 is 18.1 Å². The van der Waals surface area contributed by atoms with Gasteiger partial charge >= 0.3 is 5.97 Å². The van der Waals surface area contributed by atoms with E-state index in [1.807, 2.05) is 0 Å². The average molecular weight is 230 g/mol. The first kappa shape index (κ1) is 12.9. The first-order valence-corrected chi connectivity index (χ1v) is 5.37. The average Bonchev–Trinajstić information content (AvgIpc) is 2.56. The molecular formula is C10H18N2O4. The van der Waals surface area contributed by atoms with Crippen LogP contribution in [0.2, 0.25) is 0 Å². The molecule has 1 amide bonds. The fraction of sp³-hybridized carbons (Fsp3) is 0.800. The van der Waals surface area contributed by atoms with Gasteiger partial charge in [-0.3, -0.25) is 4.79 Å². The van der Waals surface area contributed by atoms with E-state index in [2.05, 4.69) is 0 Å². The zero-order valence-electron chi connectivity index (χ0n) is 9.30. The number of aliphatic carboxylic acids is 1. The number of aliphatic hydroxyl groups excluding tert-OH is 1. The van der Waals surface area contributed by atoms with E-state index in [4.69, 9.17) is 10.8 Å². The molecule has 0 saturated carbocycles. The summed E-state index contributed by atoms with van der Waals surface area (Å²) in [6.45, 7) is 1.90. The number of nitrogens with two attached hydrogens (primary N) is 1. The van der Waals surface area contributed by atoms with Gasteiger partial charge in [-0.05, 0) is 13.3 Å². The summed E-state index contributed by atoms with van der Waals surface area (Å²) in [4.78, 5) is 23.8. The van der Waals surface area contributed by atoms with Crippen LogP contribution in [0.15, 0.2) is 0 Å². The van der Waals surface area contributed by atoms with Crippen molar-refractivity contribution >= 4 is 11.9 Å². The molecule has 1 saturated heterocycles. The molecule has 1 aliphatic rings. The number of hydrogen-bond acceptors (Lipinski definition) is 4. The number of rotatable bonds is 4. The number of carboxylic acid groups (broad SMARTS) is 1. The number of carbonyl (C=O) groups excluding carboxylic acids is 1. The van der Waals surface area contributed by atoms with Crippen molar-refractivity contribution in [1.82, 2.24) is 4.90 Å². The molecule has 6 heteroatoms. The van der Waals surface area contributed by atoms with Gasteiger partial charge in [0.15, 0.2) is 0 Å². The number of likely N-dealkylation sites (tertiary alicyclic amines) is 1. The number of carboxylic acids is 1. The molecule has 6 nitrogen and oxygen atoms in total. The van der Waals surface area contributed by atoms with E-state index in [0.29, 0.717) is 6.42 Å². The van der Waals surface area contributed by atoms with Gasteiger partial charge in [0.25, 0.3) is 0 Å². The molecule has 1 fully saturated rings. The number of hydrogen-bond donors (Lipinski definition) is 3. The van der Waals surface area contributed by atoms with Crippen molar-refractivity contribution < 1.29 is 19.8 Å². The van der Waals surface area contributed by atoms with Crippen LogP contribution in [0.5, 0.6) is 0 Å². The molecular weight excluding hydrogens is 212 g/mol. The third-order valence-corrected chi connectivity index (χ3v) is 2.70. The predicted octanol–water partition coefficient (Wildman–Crippen LogP) is -0.840. The summed E-state index contributed by atoms with van der Waals surface area (Å²) in [7, 11) is 0. The summed E-state index contributed by atoms with van der Waals surface area (Å²) in [6, 6.07) is -0.977. The fourth-order valence-electron chi connectivity index (χ4n) is 1.82. The van der Waals surface area contributed by atoms with Crippen LogP contribution >= 0.6 is 0 Å². The van der Waals surface area contributed by atoms with E-state index in [9.17, 15) is 14.7 Å². The lowest BCUT2D eigenvalue weighted by atomic mass is 10.1. The lowest BCUT2D eigenvalue weighted by Crippen LogP contribution is -2.40. The summed E-state index contributed by atoms with van der Waals surface area (Å²) in [5.74, 6) is -1.31. The predicted molar refractivity (Wildman–Crippen MR) is 56.6 cm³/mol. The number of aliphatic hydroxyl groups is 1. The molecule has 0 radical (unpaired) electrons. The molecule has 1 unspecified atom stereocenters. The normalized spacial score (nSPS) is 26.8. The highest BCUT2D eigenvalue weighted by atomic mass is 16.4. The van der Waals surface area contributed by atoms with Crippen molar-refractivity contribution in [3.63, 3.8) is 0 Å². The molecule has 3 atom stereocenters. The van der Waals surface area contributed by atoms with E-state index >= 15 is 0 Å². The van der Waals surface area contributed by atoms with Crippen molar-refractivity contribution in [3.8, 4) is 0 Å². The molecule has 0 bridgehead atoms. The lowest BCUT2D eigenvalue weighted by Gasteiger charge is -2.21. The second kappa shape index (κ2) is 5.27. The van der Waals surface area contributed by atoms with Crippen LogP contribution in [0, 0.1) is 0 Å². The Morgan fingerprint density at radius 3 is 2.69 bits per heavy atom. The van der Waals surface area contributed by atoms with Crippen LogP contribution in [-0.4, -0.2) is 51.7 Å². The maximum atomic E-state index is 11.7. The summed E-state index contributed by atoms with van der Waals surface area (Å²) < 4.78 is 0. The van der Waals surface area contributed by atoms with Gasteiger partial charge in [0, 0.05) is 25.4 Å². The molecule has 0 aromatic heterocycles. The number of carbonyl (C=O) groups is 2. The lowest BCUT2D eigenvalue weighted by molar-refractivity contribution is -0.148. The summed E-state index contributed by atoms with van der Waals surface area (Å²) >= 11 is 0. The quantitative estimate of drug-likeness (QED) is 0.584. The number of amides is 1. The van der Waals surface area contributed by atoms with E-state index in [0.717, 1.165) is 0 Å². The largest absolute Gasteiger partial charge is 0.480 e. The summed E-state index contributed by atoms with van der Waals surface area (Å²) in [5, 5.41) is 18.3. The van der Waals surface area contributed by atoms with Gasteiger partial charge in [-0.15, -0.1) is 0 Å². The second-order valence-electron chi connectivity index (χ2n) is 4.31. The minimum atomic E-state index is -1.06. The van der Waals surface area contributed by atoms with Gasteiger partial charge in [0.05, 0.1) is 6.10 Å². The first-order valence-electron chi connectivity index (χ1n) is 5.37. The minimum absolute atomic E-state index is 0.0836. The van der Waals surface area contributed by atoms with Crippen LogP contribution in [-0.2, 0) is 9.59 Å². The Bertz CT molecular complexity index is 280. The first-order chi connectivity index (χ1) is 7.41. The maximum absolute atomic E-state index is 11.7. The van der Waals surface area contributed by atoms with Crippen LogP contribution in [0.1, 0.15) is 26.2 Å². The van der Waals surface area contributed by atoms with Crippen molar-refractivity contribution in [2.24, 2.45) is 5.73 Å². The summed E-state index contributed by atoms with van der Waals surface area (Å²) in [5.41, 5.74) is 5.52. The van der Waals surface area contributed by atoms with Gasteiger partial charge in [-0.1, -0.05) is 0 Å². The molecule has 16 heavy (non-hydrogen) atoms. The smallest absolute Gasteiger partial charge is 0.326 e. The van der Waals surface area contributed by atoms with Gasteiger partial charge in [-0.25, -0.2) is 4.79 Å². The Hall–Kier alpha value is -1.14. The SMILES string of the molecule is CC(N)CCC(=O)N1C[C@H](O)C[C@H]1C(=O)O. The summed E-state index contributed by atoms with van der Waals surface area (Å²) in [6.07, 6.45) is 0.130. The zero-order chi connectivity index (χ0) is 12.3. The molecule has 0 aliphatic carbocycles. The standard InChI is InChI=1S/C10H18N2O4/c1-6(11)2-3-9(14)12-5-7(13)4-8(12)10(15)16/h6-8,13H,2-5,11H2,1H3,(H,15,16)/t6?,7-,8+/m1/s1. The molecule has 1 heterocycles. The van der Waals surface area contributed by atoms with Gasteiger partial charge in [0.2, 0.25) is 5.91 Å². The van der Waals surface area contributed by atoms with Crippen molar-refractivity contribution in [2.45, 2.75) is 44.4 Å². The highest BCUT2D eigenvalue weighted by Crippen LogP contribution is 2.19. The van der Waals surface area contributed by atoms with E-state index in [-0.39, 0.29) is 31.3 Å². The molecule has 0 aromatic carbocycles. The Kier molecular flexibility index (Phi) is 4.26. The fourth-order valence-corrected chi connectivity index (χ4v) is 1.82. The highest BCUT2D eigenvalue weighted by molar-refractivity contribution is 5.84. The number of nitrogens with zero attached hydrogens (tertiary/aromatic N) is 1. The minimum Gasteiger partial charge on any atom is -0.480 e. The van der Waals surface area contributed by atoms with E-state index in [1.54, 1.807) is 6.92 Å². The van der Waals surface area contributed by atoms with Crippen LogP contribution in [0.3, 0.4) is 0 Å². The molecule has 92 valence electrons.